The topological polar surface area (TPSA) is 69.6 Å². The molecule has 2 atom stereocenters. The van der Waals surface area contributed by atoms with Crippen LogP contribution in [0.1, 0.15) is 35.4 Å². The van der Waals surface area contributed by atoms with Gasteiger partial charge in [0, 0.05) is 5.56 Å². The molecule has 0 aliphatic rings. The maximum absolute atomic E-state index is 12.2. The molecule has 0 spiro atoms. The molecule has 0 saturated carbocycles. The maximum atomic E-state index is 12.2. The summed E-state index contributed by atoms with van der Waals surface area (Å²) in [7, 11) is 0. The number of aliphatic hydroxyl groups excluding tert-OH is 1. The first-order valence-corrected chi connectivity index (χ1v) is 7.37. The molecule has 4 nitrogen and oxygen atoms in total. The fourth-order valence-corrected chi connectivity index (χ4v) is 2.24. The van der Waals surface area contributed by atoms with Crippen LogP contribution in [-0.4, -0.2) is 28.6 Å². The number of carbonyl (C=O) groups excluding carboxylic acids is 1. The van der Waals surface area contributed by atoms with E-state index in [1.165, 1.54) is 0 Å². The first-order chi connectivity index (χ1) is 10.6. The molecule has 23 heavy (non-hydrogen) atoms. The number of carbonyl (C=O) groups is 1. The van der Waals surface area contributed by atoms with E-state index in [4.69, 9.17) is 0 Å². The Morgan fingerprint density at radius 3 is 2.30 bits per heavy atom. The van der Waals surface area contributed by atoms with Crippen LogP contribution in [0.15, 0.2) is 54.6 Å². The lowest BCUT2D eigenvalue weighted by molar-refractivity contribution is 0.0945. The van der Waals surface area contributed by atoms with E-state index in [0.29, 0.717) is 18.5 Å². The highest BCUT2D eigenvalue weighted by molar-refractivity contribution is 8.93. The average Bonchev–Trinajstić information content (AvgIpc) is 2.55. The number of hydrogen-bond donors (Lipinski definition) is 3. The standard InChI is InChI=1S/C18H21NO3.BrH/c1-13(18(22)15-5-3-2-4-6-15)19-12-11-17(21)14-7-9-16(20)10-8-14;/h2-10,13,17,19-21H,11-12H2,1H3;1H. The van der Waals surface area contributed by atoms with Crippen molar-refractivity contribution in [2.45, 2.75) is 25.5 Å². The van der Waals surface area contributed by atoms with E-state index < -0.39 is 6.10 Å². The first kappa shape index (κ1) is 19.4. The highest BCUT2D eigenvalue weighted by Crippen LogP contribution is 2.19. The number of phenols is 1. The van der Waals surface area contributed by atoms with Gasteiger partial charge in [-0.3, -0.25) is 4.79 Å². The Hall–Kier alpha value is -1.69. The summed E-state index contributed by atoms with van der Waals surface area (Å²) in [6.07, 6.45) is -0.121. The number of ketones is 1. The Morgan fingerprint density at radius 2 is 1.70 bits per heavy atom. The van der Waals surface area contributed by atoms with Crippen molar-refractivity contribution in [1.29, 1.82) is 0 Å². The van der Waals surface area contributed by atoms with Gasteiger partial charge in [0.05, 0.1) is 12.1 Å². The lowest BCUT2D eigenvalue weighted by Crippen LogP contribution is -2.35. The van der Waals surface area contributed by atoms with Crippen LogP contribution in [-0.2, 0) is 0 Å². The lowest BCUT2D eigenvalue weighted by atomic mass is 10.0. The highest BCUT2D eigenvalue weighted by Gasteiger charge is 2.15. The monoisotopic (exact) mass is 379 g/mol. The Morgan fingerprint density at radius 1 is 1.09 bits per heavy atom. The minimum absolute atomic E-state index is 0. The first-order valence-electron chi connectivity index (χ1n) is 7.37. The van der Waals surface area contributed by atoms with Crippen molar-refractivity contribution in [2.24, 2.45) is 0 Å². The zero-order chi connectivity index (χ0) is 15.9. The smallest absolute Gasteiger partial charge is 0.179 e. The van der Waals surface area contributed by atoms with Gasteiger partial charge in [-0.1, -0.05) is 42.5 Å². The molecule has 2 aromatic carbocycles. The summed E-state index contributed by atoms with van der Waals surface area (Å²) in [4.78, 5) is 12.2. The number of aliphatic hydroxyl groups is 1. The van der Waals surface area contributed by atoms with Crippen LogP contribution in [0.3, 0.4) is 0 Å². The summed E-state index contributed by atoms with van der Waals surface area (Å²) < 4.78 is 0. The molecular weight excluding hydrogens is 358 g/mol. The third-order valence-corrected chi connectivity index (χ3v) is 3.60. The molecule has 0 aliphatic carbocycles. The Labute approximate surface area is 146 Å². The number of Topliss-reactive ketones (excluding diaryl/α,β-unsaturated/α-hetero) is 1. The highest BCUT2D eigenvalue weighted by atomic mass is 79.9. The summed E-state index contributed by atoms with van der Waals surface area (Å²) >= 11 is 0. The van der Waals surface area contributed by atoms with E-state index in [0.717, 1.165) is 5.56 Å². The third kappa shape index (κ3) is 5.78. The third-order valence-electron chi connectivity index (χ3n) is 3.60. The Bertz CT molecular complexity index is 601. The predicted molar refractivity (Wildman–Crippen MR) is 96.2 cm³/mol. The van der Waals surface area contributed by atoms with Gasteiger partial charge in [-0.05, 0) is 37.6 Å². The van der Waals surface area contributed by atoms with E-state index in [1.807, 2.05) is 25.1 Å². The fourth-order valence-electron chi connectivity index (χ4n) is 2.24. The van der Waals surface area contributed by atoms with Gasteiger partial charge in [0.2, 0.25) is 0 Å². The molecule has 0 heterocycles. The number of benzene rings is 2. The molecule has 2 unspecified atom stereocenters. The van der Waals surface area contributed by atoms with E-state index in [1.54, 1.807) is 36.4 Å². The zero-order valence-electron chi connectivity index (χ0n) is 13.0. The van der Waals surface area contributed by atoms with Gasteiger partial charge in [0.15, 0.2) is 5.78 Å². The summed E-state index contributed by atoms with van der Waals surface area (Å²) in [6.45, 7) is 2.35. The quantitative estimate of drug-likeness (QED) is 0.645. The van der Waals surface area contributed by atoms with Crippen molar-refractivity contribution in [1.82, 2.24) is 5.32 Å². The minimum Gasteiger partial charge on any atom is -0.508 e. The molecule has 0 fully saturated rings. The molecule has 0 amide bonds. The van der Waals surface area contributed by atoms with Gasteiger partial charge in [0.25, 0.3) is 0 Å². The molecule has 5 heteroatoms. The van der Waals surface area contributed by atoms with Crippen molar-refractivity contribution < 1.29 is 15.0 Å². The van der Waals surface area contributed by atoms with Gasteiger partial charge in [0.1, 0.15) is 5.75 Å². The molecule has 3 N–H and O–H groups in total. The molecule has 0 bridgehead atoms. The summed E-state index contributed by atoms with van der Waals surface area (Å²) in [5.74, 6) is 0.218. The Kier molecular flexibility index (Phi) is 7.95. The van der Waals surface area contributed by atoms with Gasteiger partial charge < -0.3 is 15.5 Å². The van der Waals surface area contributed by atoms with Crippen LogP contribution in [0, 0.1) is 0 Å². The number of nitrogens with one attached hydrogen (secondary N) is 1. The number of hydrogen-bond acceptors (Lipinski definition) is 4. The lowest BCUT2D eigenvalue weighted by Gasteiger charge is -2.15. The zero-order valence-corrected chi connectivity index (χ0v) is 14.7. The van der Waals surface area contributed by atoms with Gasteiger partial charge in [-0.15, -0.1) is 17.0 Å². The maximum Gasteiger partial charge on any atom is 0.179 e. The Balaban J connectivity index is 0.00000264. The molecule has 2 aromatic rings. The van der Waals surface area contributed by atoms with Gasteiger partial charge in [-0.2, -0.15) is 0 Å². The second-order valence-corrected chi connectivity index (χ2v) is 5.30. The second kappa shape index (κ2) is 9.45. The number of halogens is 1. The molecule has 0 aromatic heterocycles. The van der Waals surface area contributed by atoms with Crippen molar-refractivity contribution in [2.75, 3.05) is 6.54 Å². The van der Waals surface area contributed by atoms with Crippen LogP contribution < -0.4 is 5.32 Å². The van der Waals surface area contributed by atoms with Crippen LogP contribution in [0.4, 0.5) is 0 Å². The predicted octanol–water partition coefficient (Wildman–Crippen LogP) is 3.25. The molecule has 0 radical (unpaired) electrons. The van der Waals surface area contributed by atoms with E-state index in [-0.39, 0.29) is 34.6 Å². The van der Waals surface area contributed by atoms with Crippen molar-refractivity contribution >= 4 is 22.8 Å². The van der Waals surface area contributed by atoms with Gasteiger partial charge >= 0.3 is 0 Å². The molecule has 2 rings (SSSR count). The average molecular weight is 380 g/mol. The van der Waals surface area contributed by atoms with Crippen LogP contribution in [0.2, 0.25) is 0 Å². The SMILES string of the molecule is Br.CC(NCCC(O)c1ccc(O)cc1)C(=O)c1ccccc1. The van der Waals surface area contributed by atoms with Crippen LogP contribution in [0.25, 0.3) is 0 Å². The van der Waals surface area contributed by atoms with E-state index in [9.17, 15) is 15.0 Å². The van der Waals surface area contributed by atoms with Crippen molar-refractivity contribution in [3.63, 3.8) is 0 Å². The fraction of sp³-hybridized carbons (Fsp3) is 0.278. The molecule has 124 valence electrons. The van der Waals surface area contributed by atoms with E-state index in [2.05, 4.69) is 5.32 Å². The second-order valence-electron chi connectivity index (χ2n) is 5.30. The summed E-state index contributed by atoms with van der Waals surface area (Å²) in [5.41, 5.74) is 1.43. The molecule has 0 aliphatic heterocycles. The molecular formula is C18H22BrNO3. The summed E-state index contributed by atoms with van der Waals surface area (Å²) in [5, 5.41) is 22.4. The number of phenolic OH excluding ortho intramolecular Hbond substituents is 1. The van der Waals surface area contributed by atoms with Crippen molar-refractivity contribution in [3.05, 3.63) is 65.7 Å². The minimum atomic E-state index is -0.618. The normalized spacial score (nSPS) is 13.0. The van der Waals surface area contributed by atoms with Crippen molar-refractivity contribution in [3.8, 4) is 5.75 Å². The number of rotatable bonds is 7. The van der Waals surface area contributed by atoms with Crippen LogP contribution in [0.5, 0.6) is 5.75 Å². The summed E-state index contributed by atoms with van der Waals surface area (Å²) in [6, 6.07) is 15.3. The van der Waals surface area contributed by atoms with Gasteiger partial charge in [-0.25, -0.2) is 0 Å². The largest absolute Gasteiger partial charge is 0.508 e. The molecule has 0 saturated heterocycles. The number of aromatic hydroxyl groups is 1. The van der Waals surface area contributed by atoms with Crippen LogP contribution >= 0.6 is 17.0 Å². The van der Waals surface area contributed by atoms with E-state index >= 15 is 0 Å².